The van der Waals surface area contributed by atoms with Crippen LogP contribution < -0.4 is 5.32 Å². The van der Waals surface area contributed by atoms with Crippen molar-refractivity contribution in [3.05, 3.63) is 57.7 Å². The molecule has 2 aromatic carbocycles. The summed E-state index contributed by atoms with van der Waals surface area (Å²) in [7, 11) is 0. The molecule has 0 fully saturated rings. The Hall–Kier alpha value is -1.19. The molecular formula is C18H17Cl3N2. The molecule has 0 bridgehead atoms. The maximum Gasteiger partial charge on any atom is 0.0499 e. The zero-order valence-corrected chi connectivity index (χ0v) is 14.8. The van der Waals surface area contributed by atoms with Crippen LogP contribution in [0.15, 0.2) is 36.4 Å². The summed E-state index contributed by atoms with van der Waals surface area (Å²) >= 11 is 12.5. The summed E-state index contributed by atoms with van der Waals surface area (Å²) in [5.41, 5.74) is 6.17. The zero-order chi connectivity index (χ0) is 15.1. The molecule has 1 aliphatic rings. The third kappa shape index (κ3) is 2.97. The van der Waals surface area contributed by atoms with E-state index >= 15 is 0 Å². The van der Waals surface area contributed by atoms with Crippen molar-refractivity contribution in [2.45, 2.75) is 12.8 Å². The van der Waals surface area contributed by atoms with Gasteiger partial charge in [-0.1, -0.05) is 41.4 Å². The lowest BCUT2D eigenvalue weighted by Crippen LogP contribution is -2.16. The average Bonchev–Trinajstić information content (AvgIpc) is 2.70. The highest BCUT2D eigenvalue weighted by Gasteiger charge is 2.18. The Kier molecular flexibility index (Phi) is 4.88. The van der Waals surface area contributed by atoms with Crippen molar-refractivity contribution >= 4 is 46.5 Å². The fourth-order valence-electron chi connectivity index (χ4n) is 3.34. The fraction of sp³-hybridized carbons (Fsp3) is 0.222. The van der Waals surface area contributed by atoms with E-state index in [2.05, 4.69) is 28.5 Å². The van der Waals surface area contributed by atoms with E-state index in [1.54, 1.807) is 0 Å². The van der Waals surface area contributed by atoms with Crippen molar-refractivity contribution < 1.29 is 0 Å². The summed E-state index contributed by atoms with van der Waals surface area (Å²) in [5, 5.41) is 6.12. The molecule has 0 aliphatic carbocycles. The Morgan fingerprint density at radius 1 is 0.913 bits per heavy atom. The van der Waals surface area contributed by atoms with Gasteiger partial charge in [0.25, 0.3) is 0 Å². The van der Waals surface area contributed by atoms with Gasteiger partial charge in [0.05, 0.1) is 0 Å². The van der Waals surface area contributed by atoms with Crippen molar-refractivity contribution in [1.82, 2.24) is 10.3 Å². The van der Waals surface area contributed by atoms with Gasteiger partial charge in [-0.15, -0.1) is 12.4 Å². The molecule has 2 nitrogen and oxygen atoms in total. The second kappa shape index (κ2) is 6.74. The minimum atomic E-state index is 0. The van der Waals surface area contributed by atoms with Crippen molar-refractivity contribution in [2.75, 3.05) is 13.1 Å². The van der Waals surface area contributed by atoms with E-state index in [1.807, 2.05) is 18.2 Å². The third-order valence-electron chi connectivity index (χ3n) is 4.34. The quantitative estimate of drug-likeness (QED) is 0.604. The topological polar surface area (TPSA) is 27.8 Å². The smallest absolute Gasteiger partial charge is 0.0499 e. The number of rotatable bonds is 1. The summed E-state index contributed by atoms with van der Waals surface area (Å²) in [6.07, 6.45) is 2.08. The molecule has 0 unspecified atom stereocenters. The summed E-state index contributed by atoms with van der Waals surface area (Å²) < 4.78 is 0. The van der Waals surface area contributed by atoms with Crippen LogP contribution in [0.5, 0.6) is 0 Å². The Morgan fingerprint density at radius 3 is 2.57 bits per heavy atom. The molecule has 2 N–H and O–H groups in total. The molecule has 2 heterocycles. The van der Waals surface area contributed by atoms with E-state index in [1.165, 1.54) is 27.7 Å². The number of halogens is 3. The number of hydrogen-bond acceptors (Lipinski definition) is 1. The number of fused-ring (bicyclic) bond motifs is 3. The van der Waals surface area contributed by atoms with Crippen LogP contribution in [0.1, 0.15) is 11.3 Å². The molecule has 0 saturated heterocycles. The highest BCUT2D eigenvalue weighted by molar-refractivity contribution is 6.36. The molecule has 0 radical (unpaired) electrons. The van der Waals surface area contributed by atoms with Crippen molar-refractivity contribution in [2.24, 2.45) is 0 Å². The maximum absolute atomic E-state index is 6.44. The molecule has 0 atom stereocenters. The first kappa shape index (κ1) is 16.7. The first-order valence-corrected chi connectivity index (χ1v) is 8.28. The second-order valence-corrected chi connectivity index (χ2v) is 6.53. The number of nitrogens with one attached hydrogen (secondary N) is 2. The molecule has 5 heteroatoms. The van der Waals surface area contributed by atoms with Crippen LogP contribution in [0.4, 0.5) is 0 Å². The lowest BCUT2D eigenvalue weighted by atomic mass is 9.97. The molecule has 0 amide bonds. The Bertz CT molecular complexity index is 855. The maximum atomic E-state index is 6.44. The molecule has 0 saturated carbocycles. The Balaban J connectivity index is 0.00000156. The molecule has 23 heavy (non-hydrogen) atoms. The molecule has 3 aromatic rings. The van der Waals surface area contributed by atoms with Crippen molar-refractivity contribution in [1.29, 1.82) is 0 Å². The number of H-pyrrole nitrogens is 1. The summed E-state index contributed by atoms with van der Waals surface area (Å²) in [4.78, 5) is 3.59. The number of aromatic amines is 1. The van der Waals surface area contributed by atoms with Gasteiger partial charge < -0.3 is 10.3 Å². The Labute approximate surface area is 151 Å². The standard InChI is InChI=1S/C18H16Cl2N2.ClH/c19-11-4-5-12(15(20)10-11)13-2-1-3-17-18(13)14-6-8-21-9-7-16(14)22-17;/h1-5,10,21-22H,6-9H2;1H. The molecule has 0 spiro atoms. The average molecular weight is 368 g/mol. The van der Waals surface area contributed by atoms with Gasteiger partial charge in [-0.25, -0.2) is 0 Å². The molecular weight excluding hydrogens is 351 g/mol. The van der Waals surface area contributed by atoms with E-state index in [-0.39, 0.29) is 12.4 Å². The SMILES string of the molecule is Cl.Clc1ccc(-c2cccc3[nH]c4c(c23)CCNCC4)c(Cl)c1. The van der Waals surface area contributed by atoms with Gasteiger partial charge in [0.1, 0.15) is 0 Å². The monoisotopic (exact) mass is 366 g/mol. The van der Waals surface area contributed by atoms with Crippen LogP contribution in [0.3, 0.4) is 0 Å². The van der Waals surface area contributed by atoms with Gasteiger partial charge in [0.15, 0.2) is 0 Å². The van der Waals surface area contributed by atoms with Crippen LogP contribution >= 0.6 is 35.6 Å². The van der Waals surface area contributed by atoms with Gasteiger partial charge in [0.2, 0.25) is 0 Å². The minimum Gasteiger partial charge on any atom is -0.358 e. The molecule has 1 aliphatic heterocycles. The lowest BCUT2D eigenvalue weighted by Gasteiger charge is -2.09. The lowest BCUT2D eigenvalue weighted by molar-refractivity contribution is 0.708. The van der Waals surface area contributed by atoms with Gasteiger partial charge in [-0.2, -0.15) is 0 Å². The van der Waals surface area contributed by atoms with Gasteiger partial charge in [-0.05, 0) is 42.3 Å². The van der Waals surface area contributed by atoms with Crippen molar-refractivity contribution in [3.63, 3.8) is 0 Å². The predicted molar refractivity (Wildman–Crippen MR) is 101 cm³/mol. The van der Waals surface area contributed by atoms with Crippen LogP contribution in [-0.4, -0.2) is 18.1 Å². The van der Waals surface area contributed by atoms with Crippen LogP contribution in [0, 0.1) is 0 Å². The molecule has 120 valence electrons. The number of hydrogen-bond donors (Lipinski definition) is 2. The van der Waals surface area contributed by atoms with E-state index in [0.717, 1.165) is 31.5 Å². The number of aromatic nitrogens is 1. The Morgan fingerprint density at radius 2 is 1.74 bits per heavy atom. The van der Waals surface area contributed by atoms with Gasteiger partial charge in [0, 0.05) is 45.2 Å². The van der Waals surface area contributed by atoms with E-state index in [9.17, 15) is 0 Å². The van der Waals surface area contributed by atoms with E-state index in [4.69, 9.17) is 23.2 Å². The third-order valence-corrected chi connectivity index (χ3v) is 4.89. The fourth-order valence-corrected chi connectivity index (χ4v) is 3.85. The first-order chi connectivity index (χ1) is 10.7. The van der Waals surface area contributed by atoms with Crippen LogP contribution in [-0.2, 0) is 12.8 Å². The van der Waals surface area contributed by atoms with Crippen LogP contribution in [0.2, 0.25) is 10.0 Å². The predicted octanol–water partition coefficient (Wildman–Crippen LogP) is 5.25. The van der Waals surface area contributed by atoms with E-state index in [0.29, 0.717) is 10.0 Å². The summed E-state index contributed by atoms with van der Waals surface area (Å²) in [6, 6.07) is 12.1. The van der Waals surface area contributed by atoms with Crippen LogP contribution in [0.25, 0.3) is 22.0 Å². The highest BCUT2D eigenvalue weighted by atomic mass is 35.5. The normalized spacial score (nSPS) is 14.2. The largest absolute Gasteiger partial charge is 0.358 e. The summed E-state index contributed by atoms with van der Waals surface area (Å²) in [5.74, 6) is 0. The van der Waals surface area contributed by atoms with Crippen molar-refractivity contribution in [3.8, 4) is 11.1 Å². The number of benzene rings is 2. The van der Waals surface area contributed by atoms with E-state index < -0.39 is 0 Å². The zero-order valence-electron chi connectivity index (χ0n) is 12.5. The van der Waals surface area contributed by atoms with Gasteiger partial charge in [-0.3, -0.25) is 0 Å². The van der Waals surface area contributed by atoms with Gasteiger partial charge >= 0.3 is 0 Å². The highest BCUT2D eigenvalue weighted by Crippen LogP contribution is 2.38. The molecule has 1 aromatic heterocycles. The first-order valence-electron chi connectivity index (χ1n) is 7.52. The molecule has 4 rings (SSSR count). The minimum absolute atomic E-state index is 0. The second-order valence-electron chi connectivity index (χ2n) is 5.68. The summed E-state index contributed by atoms with van der Waals surface area (Å²) in [6.45, 7) is 2.04.